The Balaban J connectivity index is 2.25. The molecule has 2 rings (SSSR count). The molecule has 2 N–H and O–H groups in total. The normalized spacial score (nSPS) is 10.4. The van der Waals surface area contributed by atoms with Crippen molar-refractivity contribution in [3.63, 3.8) is 0 Å². The van der Waals surface area contributed by atoms with E-state index in [1.807, 2.05) is 37.3 Å². The Labute approximate surface area is 137 Å². The van der Waals surface area contributed by atoms with Gasteiger partial charge in [0, 0.05) is 28.3 Å². The van der Waals surface area contributed by atoms with Gasteiger partial charge in [0.1, 0.15) is 0 Å². The Morgan fingerprint density at radius 3 is 2.62 bits per heavy atom. The summed E-state index contributed by atoms with van der Waals surface area (Å²) in [7, 11) is 0. The highest BCUT2D eigenvalue weighted by Crippen LogP contribution is 2.22. The number of rotatable bonds is 4. The summed E-state index contributed by atoms with van der Waals surface area (Å²) in [6.07, 6.45) is 0. The smallest absolute Gasteiger partial charge is 0.256 e. The van der Waals surface area contributed by atoms with Gasteiger partial charge < -0.3 is 10.6 Å². The highest BCUT2D eigenvalue weighted by Gasteiger charge is 2.18. The number of hydrogen-bond acceptors (Lipinski definition) is 2. The number of nitrogen functional groups attached to an aromatic ring is 1. The Kier molecular flexibility index (Phi) is 5.26. The van der Waals surface area contributed by atoms with Crippen LogP contribution in [0.2, 0.25) is 5.02 Å². The number of nitrogens with two attached hydrogens (primary N) is 1. The van der Waals surface area contributed by atoms with E-state index in [4.69, 9.17) is 17.3 Å². The number of benzene rings is 2. The molecule has 110 valence electrons. The second kappa shape index (κ2) is 6.96. The van der Waals surface area contributed by atoms with Crippen molar-refractivity contribution in [1.29, 1.82) is 0 Å². The highest BCUT2D eigenvalue weighted by molar-refractivity contribution is 9.10. The first kappa shape index (κ1) is 15.9. The third-order valence-corrected chi connectivity index (χ3v) is 4.09. The Bertz CT molecular complexity index is 660. The van der Waals surface area contributed by atoms with Crippen LogP contribution >= 0.6 is 27.5 Å². The number of amides is 1. The van der Waals surface area contributed by atoms with Crippen LogP contribution in [0.1, 0.15) is 22.8 Å². The maximum absolute atomic E-state index is 12.6. The number of carbonyl (C=O) groups is 1. The minimum Gasteiger partial charge on any atom is -0.398 e. The third kappa shape index (κ3) is 3.77. The topological polar surface area (TPSA) is 46.3 Å². The van der Waals surface area contributed by atoms with Crippen molar-refractivity contribution in [2.45, 2.75) is 13.5 Å². The molecule has 21 heavy (non-hydrogen) atoms. The first-order chi connectivity index (χ1) is 10.0. The summed E-state index contributed by atoms with van der Waals surface area (Å²) in [6.45, 7) is 2.98. The van der Waals surface area contributed by atoms with Gasteiger partial charge in [0.15, 0.2) is 0 Å². The maximum atomic E-state index is 12.6. The van der Waals surface area contributed by atoms with Crippen LogP contribution in [0.5, 0.6) is 0 Å². The molecule has 0 aliphatic heterocycles. The van der Waals surface area contributed by atoms with Crippen LogP contribution < -0.4 is 5.73 Å². The molecule has 2 aromatic rings. The van der Waals surface area contributed by atoms with Gasteiger partial charge in [-0.1, -0.05) is 45.7 Å². The SMILES string of the molecule is CCN(Cc1ccccc1Cl)C(=O)c1ccc(Br)cc1N. The molecule has 3 nitrogen and oxygen atoms in total. The Morgan fingerprint density at radius 1 is 1.29 bits per heavy atom. The third-order valence-electron chi connectivity index (χ3n) is 3.23. The molecule has 0 aromatic heterocycles. The van der Waals surface area contributed by atoms with E-state index in [1.54, 1.807) is 17.0 Å². The van der Waals surface area contributed by atoms with Crippen molar-refractivity contribution in [3.8, 4) is 0 Å². The summed E-state index contributed by atoms with van der Waals surface area (Å²) >= 11 is 9.50. The number of carbonyl (C=O) groups excluding carboxylic acids is 1. The van der Waals surface area contributed by atoms with Crippen LogP contribution in [-0.4, -0.2) is 17.4 Å². The molecule has 0 atom stereocenters. The number of nitrogens with zero attached hydrogens (tertiary/aromatic N) is 1. The lowest BCUT2D eigenvalue weighted by Gasteiger charge is -2.22. The van der Waals surface area contributed by atoms with E-state index in [-0.39, 0.29) is 5.91 Å². The average Bonchev–Trinajstić information content (AvgIpc) is 2.46. The van der Waals surface area contributed by atoms with E-state index < -0.39 is 0 Å². The molecule has 0 bridgehead atoms. The summed E-state index contributed by atoms with van der Waals surface area (Å²) < 4.78 is 0.853. The molecule has 0 heterocycles. The molecule has 0 aliphatic rings. The summed E-state index contributed by atoms with van der Waals surface area (Å²) in [5, 5.41) is 0.660. The predicted molar refractivity (Wildman–Crippen MR) is 90.4 cm³/mol. The van der Waals surface area contributed by atoms with Crippen molar-refractivity contribution in [2.24, 2.45) is 0 Å². The molecule has 1 amide bonds. The minimum absolute atomic E-state index is 0.0950. The summed E-state index contributed by atoms with van der Waals surface area (Å²) in [4.78, 5) is 14.3. The fourth-order valence-corrected chi connectivity index (χ4v) is 2.63. The van der Waals surface area contributed by atoms with Gasteiger partial charge in [-0.2, -0.15) is 0 Å². The monoisotopic (exact) mass is 366 g/mol. The first-order valence-electron chi connectivity index (χ1n) is 6.60. The summed E-state index contributed by atoms with van der Waals surface area (Å²) in [6, 6.07) is 12.8. The second-order valence-electron chi connectivity index (χ2n) is 4.64. The van der Waals surface area contributed by atoms with Crippen molar-refractivity contribution < 1.29 is 4.79 Å². The van der Waals surface area contributed by atoms with Crippen LogP contribution in [0, 0.1) is 0 Å². The second-order valence-corrected chi connectivity index (χ2v) is 5.97. The first-order valence-corrected chi connectivity index (χ1v) is 7.77. The van der Waals surface area contributed by atoms with Crippen molar-refractivity contribution in [2.75, 3.05) is 12.3 Å². The van der Waals surface area contributed by atoms with Crippen molar-refractivity contribution in [3.05, 3.63) is 63.1 Å². The van der Waals surface area contributed by atoms with Crippen molar-refractivity contribution in [1.82, 2.24) is 4.90 Å². The van der Waals surface area contributed by atoms with Crippen LogP contribution in [0.15, 0.2) is 46.9 Å². The molecule has 5 heteroatoms. The lowest BCUT2D eigenvalue weighted by Crippen LogP contribution is -2.31. The standard InChI is InChI=1S/C16H16BrClN2O/c1-2-20(10-11-5-3-4-6-14(11)18)16(21)13-8-7-12(17)9-15(13)19/h3-9H,2,10,19H2,1H3. The van der Waals surface area contributed by atoms with E-state index in [2.05, 4.69) is 15.9 Å². The molecule has 0 radical (unpaired) electrons. The van der Waals surface area contributed by atoms with Crippen LogP contribution in [0.3, 0.4) is 0 Å². The van der Waals surface area contributed by atoms with Crippen LogP contribution in [0.4, 0.5) is 5.69 Å². The number of anilines is 1. The van der Waals surface area contributed by atoms with E-state index in [0.717, 1.165) is 10.0 Å². The van der Waals surface area contributed by atoms with Crippen LogP contribution in [0.25, 0.3) is 0 Å². The van der Waals surface area contributed by atoms with Gasteiger partial charge in [0.25, 0.3) is 5.91 Å². The molecule has 2 aromatic carbocycles. The molecule has 0 saturated carbocycles. The zero-order valence-corrected chi connectivity index (χ0v) is 14.0. The number of halogens is 2. The minimum atomic E-state index is -0.0950. The summed E-state index contributed by atoms with van der Waals surface area (Å²) in [5.74, 6) is -0.0950. The quantitative estimate of drug-likeness (QED) is 0.817. The zero-order chi connectivity index (χ0) is 15.4. The van der Waals surface area contributed by atoms with Gasteiger partial charge in [-0.15, -0.1) is 0 Å². The van der Waals surface area contributed by atoms with E-state index in [0.29, 0.717) is 29.4 Å². The predicted octanol–water partition coefficient (Wildman–Crippen LogP) is 4.35. The van der Waals surface area contributed by atoms with Crippen molar-refractivity contribution >= 4 is 39.1 Å². The van der Waals surface area contributed by atoms with E-state index in [9.17, 15) is 4.79 Å². The lowest BCUT2D eigenvalue weighted by atomic mass is 10.1. The number of hydrogen-bond donors (Lipinski definition) is 1. The van der Waals surface area contributed by atoms with E-state index in [1.165, 1.54) is 0 Å². The molecular formula is C16H16BrClN2O. The largest absolute Gasteiger partial charge is 0.398 e. The van der Waals surface area contributed by atoms with Gasteiger partial charge in [0.05, 0.1) is 5.56 Å². The molecule has 0 aliphatic carbocycles. The van der Waals surface area contributed by atoms with Gasteiger partial charge in [-0.05, 0) is 36.8 Å². The average molecular weight is 368 g/mol. The summed E-state index contributed by atoms with van der Waals surface area (Å²) in [5.41, 5.74) is 7.83. The van der Waals surface area contributed by atoms with E-state index >= 15 is 0 Å². The zero-order valence-electron chi connectivity index (χ0n) is 11.6. The van der Waals surface area contributed by atoms with Gasteiger partial charge in [-0.25, -0.2) is 0 Å². The molecule has 0 fully saturated rings. The fourth-order valence-electron chi connectivity index (χ4n) is 2.06. The lowest BCUT2D eigenvalue weighted by molar-refractivity contribution is 0.0753. The molecule has 0 saturated heterocycles. The highest BCUT2D eigenvalue weighted by atomic mass is 79.9. The molecule has 0 unspecified atom stereocenters. The van der Waals surface area contributed by atoms with Gasteiger partial charge in [0.2, 0.25) is 0 Å². The molecular weight excluding hydrogens is 352 g/mol. The maximum Gasteiger partial charge on any atom is 0.256 e. The molecule has 0 spiro atoms. The fraction of sp³-hybridized carbons (Fsp3) is 0.188. The Hall–Kier alpha value is -1.52. The van der Waals surface area contributed by atoms with Gasteiger partial charge in [-0.3, -0.25) is 4.79 Å². The Morgan fingerprint density at radius 2 is 2.00 bits per heavy atom. The van der Waals surface area contributed by atoms with Crippen LogP contribution in [-0.2, 0) is 6.54 Å². The van der Waals surface area contributed by atoms with Gasteiger partial charge >= 0.3 is 0 Å².